The minimum absolute atomic E-state index is 0.00547. The molecule has 0 heterocycles. The second kappa shape index (κ2) is 9.72. The highest BCUT2D eigenvalue weighted by Gasteiger charge is 2.32. The van der Waals surface area contributed by atoms with Crippen molar-refractivity contribution in [2.75, 3.05) is 6.61 Å². The number of esters is 1. The van der Waals surface area contributed by atoms with Gasteiger partial charge < -0.3 is 9.47 Å². The molecular weight excluding hydrogens is 433 g/mol. The van der Waals surface area contributed by atoms with Gasteiger partial charge in [-0.1, -0.05) is 20.8 Å². The number of alkyl halides is 3. The van der Waals surface area contributed by atoms with Gasteiger partial charge in [0.15, 0.2) is 6.10 Å². The molecule has 0 bridgehead atoms. The summed E-state index contributed by atoms with van der Waals surface area (Å²) >= 11 is 0. The molecule has 1 atom stereocenters. The zero-order valence-corrected chi connectivity index (χ0v) is 18.5. The second-order valence-electron chi connectivity index (χ2n) is 7.49. The molecule has 0 aliphatic heterocycles. The lowest BCUT2D eigenvalue weighted by atomic mass is 10.1. The van der Waals surface area contributed by atoms with Crippen LogP contribution in [0.5, 0.6) is 5.75 Å². The van der Waals surface area contributed by atoms with Crippen molar-refractivity contribution in [3.63, 3.8) is 0 Å². The molecule has 2 rings (SSSR count). The summed E-state index contributed by atoms with van der Waals surface area (Å²) in [6.07, 6.45) is -5.03. The van der Waals surface area contributed by atoms with Crippen LogP contribution < -0.4 is 4.74 Å². The van der Waals surface area contributed by atoms with Gasteiger partial charge in [0.2, 0.25) is 9.84 Å². The topological polar surface area (TPSA) is 69.7 Å². The van der Waals surface area contributed by atoms with E-state index in [1.165, 1.54) is 31.2 Å². The first-order valence-corrected chi connectivity index (χ1v) is 11.2. The summed E-state index contributed by atoms with van der Waals surface area (Å²) in [7, 11) is -4.03. The lowest BCUT2D eigenvalue weighted by molar-refractivity contribution is -0.153. The maximum absolute atomic E-state index is 12.9. The number of ether oxygens (including phenoxy) is 2. The van der Waals surface area contributed by atoms with Crippen molar-refractivity contribution in [2.45, 2.75) is 56.2 Å². The van der Waals surface area contributed by atoms with E-state index in [0.29, 0.717) is 6.42 Å². The Morgan fingerprint density at radius 3 is 2.16 bits per heavy atom. The third-order valence-electron chi connectivity index (χ3n) is 4.40. The van der Waals surface area contributed by atoms with Crippen molar-refractivity contribution >= 4 is 15.8 Å². The van der Waals surface area contributed by atoms with E-state index in [0.717, 1.165) is 18.2 Å². The minimum Gasteiger partial charge on any atom is -0.479 e. The van der Waals surface area contributed by atoms with Crippen LogP contribution in [0.15, 0.2) is 52.3 Å². The number of carbonyl (C=O) groups is 1. The third kappa shape index (κ3) is 6.22. The first kappa shape index (κ1) is 24.7. The van der Waals surface area contributed by atoms with E-state index >= 15 is 0 Å². The van der Waals surface area contributed by atoms with Crippen molar-refractivity contribution in [2.24, 2.45) is 5.92 Å². The quantitative estimate of drug-likeness (QED) is 0.509. The van der Waals surface area contributed by atoms with Gasteiger partial charge in [-0.05, 0) is 67.3 Å². The molecule has 2 aromatic carbocycles. The smallest absolute Gasteiger partial charge is 0.416 e. The lowest BCUT2D eigenvalue weighted by Crippen LogP contribution is -2.29. The molecule has 1 unspecified atom stereocenters. The fourth-order valence-electron chi connectivity index (χ4n) is 2.76. The number of benzene rings is 2. The van der Waals surface area contributed by atoms with Crippen LogP contribution in [0.4, 0.5) is 13.2 Å². The van der Waals surface area contributed by atoms with Crippen molar-refractivity contribution in [1.82, 2.24) is 0 Å². The van der Waals surface area contributed by atoms with Gasteiger partial charge in [0.1, 0.15) is 5.75 Å². The van der Waals surface area contributed by atoms with Crippen LogP contribution in [0, 0.1) is 12.8 Å². The molecule has 0 saturated heterocycles. The zero-order chi connectivity index (χ0) is 23.4. The van der Waals surface area contributed by atoms with Gasteiger partial charge in [-0.25, -0.2) is 13.2 Å². The predicted molar refractivity (Wildman–Crippen MR) is 109 cm³/mol. The van der Waals surface area contributed by atoms with Crippen molar-refractivity contribution in [3.8, 4) is 5.75 Å². The average molecular weight is 458 g/mol. The molecule has 0 amide bonds. The molecule has 170 valence electrons. The Bertz CT molecular complexity index is 1010. The maximum Gasteiger partial charge on any atom is 0.416 e. The predicted octanol–water partition coefficient (Wildman–Crippen LogP) is 5.20. The molecule has 2 aromatic rings. The highest BCUT2D eigenvalue weighted by molar-refractivity contribution is 7.91. The van der Waals surface area contributed by atoms with E-state index in [4.69, 9.17) is 9.47 Å². The van der Waals surface area contributed by atoms with E-state index in [9.17, 15) is 26.4 Å². The zero-order valence-electron chi connectivity index (χ0n) is 17.7. The fraction of sp³-hybridized carbons (Fsp3) is 0.409. The van der Waals surface area contributed by atoms with Crippen LogP contribution in [-0.2, 0) is 25.5 Å². The summed E-state index contributed by atoms with van der Waals surface area (Å²) in [5.41, 5.74) is -0.920. The number of sulfone groups is 1. The highest BCUT2D eigenvalue weighted by Crippen LogP contribution is 2.33. The Balaban J connectivity index is 2.21. The van der Waals surface area contributed by atoms with Crippen molar-refractivity contribution < 1.29 is 35.9 Å². The highest BCUT2D eigenvalue weighted by atomic mass is 32.2. The molecule has 0 N–H and O–H groups in total. The van der Waals surface area contributed by atoms with Crippen LogP contribution in [0.2, 0.25) is 0 Å². The Hall–Kier alpha value is -2.55. The summed E-state index contributed by atoms with van der Waals surface area (Å²) in [6.45, 7) is 7.16. The third-order valence-corrected chi connectivity index (χ3v) is 6.33. The van der Waals surface area contributed by atoms with Gasteiger partial charge in [-0.15, -0.1) is 0 Å². The number of aryl methyl sites for hydroxylation is 1. The molecule has 0 fully saturated rings. The summed E-state index contributed by atoms with van der Waals surface area (Å²) in [5, 5.41) is 0. The molecule has 0 aliphatic rings. The SMILES string of the molecule is CCC(Oc1ccc(S(=O)(=O)c2ccc(C(F)(F)F)cc2C)cc1)C(=O)OCC(C)C. The number of hydrogen-bond acceptors (Lipinski definition) is 5. The molecular formula is C22H25F3O5S. The van der Waals surface area contributed by atoms with Crippen LogP contribution >= 0.6 is 0 Å². The number of rotatable bonds is 8. The Morgan fingerprint density at radius 2 is 1.68 bits per heavy atom. The van der Waals surface area contributed by atoms with Crippen molar-refractivity contribution in [3.05, 3.63) is 53.6 Å². The number of halogens is 3. The minimum atomic E-state index is -4.56. The van der Waals surface area contributed by atoms with Gasteiger partial charge >= 0.3 is 12.1 Å². The molecule has 0 spiro atoms. The van der Waals surface area contributed by atoms with Gasteiger partial charge in [-0.3, -0.25) is 0 Å². The monoisotopic (exact) mass is 458 g/mol. The van der Waals surface area contributed by atoms with Gasteiger partial charge in [0.25, 0.3) is 0 Å². The standard InChI is InChI=1S/C22H25F3O5S/c1-5-19(21(26)29-13-14(2)3)30-17-7-9-18(10-8-17)31(27,28)20-11-6-16(12-15(20)4)22(23,24)25/h6-12,14,19H,5,13H2,1-4H3. The number of carbonyl (C=O) groups excluding carboxylic acids is 1. The summed E-state index contributed by atoms with van der Waals surface area (Å²) in [4.78, 5) is 11.8. The van der Waals surface area contributed by atoms with Gasteiger partial charge in [0, 0.05) is 0 Å². The first-order valence-electron chi connectivity index (χ1n) is 9.72. The Kier molecular flexibility index (Phi) is 7.75. The van der Waals surface area contributed by atoms with Crippen LogP contribution in [0.1, 0.15) is 38.3 Å². The van der Waals surface area contributed by atoms with E-state index in [2.05, 4.69) is 0 Å². The second-order valence-corrected chi connectivity index (χ2v) is 9.41. The van der Waals surface area contributed by atoms with E-state index in [-0.39, 0.29) is 33.6 Å². The normalized spacial score (nSPS) is 13.2. The van der Waals surface area contributed by atoms with Crippen LogP contribution in [0.25, 0.3) is 0 Å². The van der Waals surface area contributed by atoms with Crippen LogP contribution in [-0.4, -0.2) is 27.1 Å². The largest absolute Gasteiger partial charge is 0.479 e. The summed E-state index contributed by atoms with van der Waals surface area (Å²) in [6, 6.07) is 7.86. The van der Waals surface area contributed by atoms with E-state index in [1.54, 1.807) is 6.92 Å². The lowest BCUT2D eigenvalue weighted by Gasteiger charge is -2.17. The summed E-state index contributed by atoms with van der Waals surface area (Å²) < 4.78 is 75.1. The molecule has 0 saturated carbocycles. The molecule has 9 heteroatoms. The fourth-order valence-corrected chi connectivity index (χ4v) is 4.23. The molecule has 0 aliphatic carbocycles. The number of hydrogen-bond donors (Lipinski definition) is 0. The molecule has 31 heavy (non-hydrogen) atoms. The van der Waals surface area contributed by atoms with E-state index < -0.39 is 33.7 Å². The molecule has 5 nitrogen and oxygen atoms in total. The van der Waals surface area contributed by atoms with Crippen molar-refractivity contribution in [1.29, 1.82) is 0 Å². The maximum atomic E-state index is 12.9. The van der Waals surface area contributed by atoms with Gasteiger partial charge in [-0.2, -0.15) is 13.2 Å². The molecule has 0 radical (unpaired) electrons. The average Bonchev–Trinajstić information content (AvgIpc) is 2.69. The van der Waals surface area contributed by atoms with Crippen LogP contribution in [0.3, 0.4) is 0 Å². The van der Waals surface area contributed by atoms with Gasteiger partial charge in [0.05, 0.1) is 22.0 Å². The molecule has 0 aromatic heterocycles. The van der Waals surface area contributed by atoms with E-state index in [1.807, 2.05) is 13.8 Å². The Labute approximate surface area is 180 Å². The Morgan fingerprint density at radius 1 is 1.06 bits per heavy atom. The first-order chi connectivity index (χ1) is 14.4. The summed E-state index contributed by atoms with van der Waals surface area (Å²) in [5.74, 6) is -0.0516.